The monoisotopic (exact) mass is 319 g/mol. The van der Waals surface area contributed by atoms with Crippen LogP contribution in [-0.4, -0.2) is 24.2 Å². The fourth-order valence-corrected chi connectivity index (χ4v) is 2.66. The lowest BCUT2D eigenvalue weighted by molar-refractivity contribution is -0.125. The highest BCUT2D eigenvalue weighted by Gasteiger charge is 2.15. The summed E-state index contributed by atoms with van der Waals surface area (Å²) in [5.41, 5.74) is 0.838. The molecule has 118 valence electrons. The summed E-state index contributed by atoms with van der Waals surface area (Å²) in [4.78, 5) is 12.0. The number of para-hydroxylation sites is 1. The van der Waals surface area contributed by atoms with Crippen molar-refractivity contribution in [3.05, 3.63) is 52.7 Å². The summed E-state index contributed by atoms with van der Waals surface area (Å²) in [5.74, 6) is 0.590. The number of rotatable bonds is 8. The van der Waals surface area contributed by atoms with Crippen molar-refractivity contribution in [2.75, 3.05) is 13.2 Å². The molecule has 0 aliphatic heterocycles. The Morgan fingerprint density at radius 2 is 2.09 bits per heavy atom. The highest BCUT2D eigenvalue weighted by atomic mass is 32.1. The Hall–Kier alpha value is -1.85. The molecule has 2 atom stereocenters. The Kier molecular flexibility index (Phi) is 6.43. The van der Waals surface area contributed by atoms with Gasteiger partial charge in [0.1, 0.15) is 5.75 Å². The van der Waals surface area contributed by atoms with Gasteiger partial charge in [0.05, 0.1) is 12.7 Å². The first-order chi connectivity index (χ1) is 10.7. The average molecular weight is 319 g/mol. The Labute approximate surface area is 134 Å². The fourth-order valence-electron chi connectivity index (χ4n) is 1.96. The second kappa shape index (κ2) is 8.56. The van der Waals surface area contributed by atoms with Crippen LogP contribution >= 0.6 is 11.3 Å². The summed E-state index contributed by atoms with van der Waals surface area (Å²) in [6, 6.07) is 11.4. The van der Waals surface area contributed by atoms with Gasteiger partial charge in [0.15, 0.2) is 0 Å². The first-order valence-electron chi connectivity index (χ1n) is 7.32. The number of hydrogen-bond acceptors (Lipinski definition) is 4. The molecule has 0 spiro atoms. The van der Waals surface area contributed by atoms with E-state index in [1.807, 2.05) is 54.1 Å². The number of carbonyl (C=O) groups is 1. The topological polar surface area (TPSA) is 58.6 Å². The van der Waals surface area contributed by atoms with Crippen molar-refractivity contribution in [3.63, 3.8) is 0 Å². The van der Waals surface area contributed by atoms with Crippen LogP contribution in [0.4, 0.5) is 0 Å². The molecule has 0 aliphatic rings. The van der Waals surface area contributed by atoms with Crippen LogP contribution in [0.2, 0.25) is 0 Å². The molecule has 0 aliphatic carbocycles. The molecule has 4 nitrogen and oxygen atoms in total. The lowest BCUT2D eigenvalue weighted by atomic mass is 10.1. The molecule has 1 amide bonds. The summed E-state index contributed by atoms with van der Waals surface area (Å²) in [5, 5.41) is 16.5. The van der Waals surface area contributed by atoms with E-state index in [4.69, 9.17) is 4.74 Å². The number of aliphatic hydroxyl groups is 1. The van der Waals surface area contributed by atoms with E-state index < -0.39 is 6.10 Å². The summed E-state index contributed by atoms with van der Waals surface area (Å²) < 4.78 is 5.58. The fraction of sp³-hybridized carbons (Fsp3) is 0.353. The zero-order valence-electron chi connectivity index (χ0n) is 12.6. The number of ether oxygens (including phenoxy) is 1. The van der Waals surface area contributed by atoms with Crippen LogP contribution in [0.25, 0.3) is 0 Å². The molecule has 0 saturated heterocycles. The number of hydrogen-bond donors (Lipinski definition) is 2. The van der Waals surface area contributed by atoms with Crippen molar-refractivity contribution < 1.29 is 14.6 Å². The number of nitrogens with one attached hydrogen (secondary N) is 1. The highest BCUT2D eigenvalue weighted by molar-refractivity contribution is 7.07. The maximum absolute atomic E-state index is 12.0. The van der Waals surface area contributed by atoms with Crippen LogP contribution in [0.3, 0.4) is 0 Å². The molecule has 0 saturated carbocycles. The van der Waals surface area contributed by atoms with Crippen LogP contribution in [0.5, 0.6) is 5.75 Å². The van der Waals surface area contributed by atoms with E-state index in [0.29, 0.717) is 13.0 Å². The van der Waals surface area contributed by atoms with Gasteiger partial charge >= 0.3 is 0 Å². The number of amides is 1. The molecular formula is C17H21NO3S. The summed E-state index contributed by atoms with van der Waals surface area (Å²) in [7, 11) is 0. The third-order valence-electron chi connectivity index (χ3n) is 3.41. The standard InChI is InChI=1S/C17H21NO3S/c1-13(7-9-21-15-5-3-2-4-6-15)17(20)18-11-16(19)14-8-10-22-12-14/h2-6,8,10,12-13,16,19H,7,9,11H2,1H3,(H,18,20). The van der Waals surface area contributed by atoms with Gasteiger partial charge in [0, 0.05) is 12.5 Å². The van der Waals surface area contributed by atoms with Crippen molar-refractivity contribution >= 4 is 17.2 Å². The van der Waals surface area contributed by atoms with Crippen LogP contribution < -0.4 is 10.1 Å². The van der Waals surface area contributed by atoms with Gasteiger partial charge in [-0.2, -0.15) is 11.3 Å². The number of thiophene rings is 1. The van der Waals surface area contributed by atoms with Crippen molar-refractivity contribution in [3.8, 4) is 5.75 Å². The molecule has 2 unspecified atom stereocenters. The molecule has 1 heterocycles. The zero-order chi connectivity index (χ0) is 15.8. The summed E-state index contributed by atoms with van der Waals surface area (Å²) in [6.07, 6.45) is -0.0158. The second-order valence-electron chi connectivity index (χ2n) is 5.17. The minimum Gasteiger partial charge on any atom is -0.494 e. The maximum atomic E-state index is 12.0. The lowest BCUT2D eigenvalue weighted by Crippen LogP contribution is -2.33. The van der Waals surface area contributed by atoms with E-state index in [-0.39, 0.29) is 18.4 Å². The van der Waals surface area contributed by atoms with Crippen LogP contribution in [-0.2, 0) is 4.79 Å². The molecule has 2 N–H and O–H groups in total. The van der Waals surface area contributed by atoms with Crippen LogP contribution in [0, 0.1) is 5.92 Å². The summed E-state index contributed by atoms with van der Waals surface area (Å²) >= 11 is 1.53. The molecular weight excluding hydrogens is 298 g/mol. The van der Waals surface area contributed by atoms with E-state index >= 15 is 0 Å². The van der Waals surface area contributed by atoms with Gasteiger partial charge in [-0.3, -0.25) is 4.79 Å². The number of benzene rings is 1. The predicted molar refractivity (Wildman–Crippen MR) is 88.0 cm³/mol. The first kappa shape index (κ1) is 16.5. The van der Waals surface area contributed by atoms with Crippen molar-refractivity contribution in [2.45, 2.75) is 19.4 Å². The van der Waals surface area contributed by atoms with Gasteiger partial charge in [-0.15, -0.1) is 0 Å². The SMILES string of the molecule is CC(CCOc1ccccc1)C(=O)NCC(O)c1ccsc1. The van der Waals surface area contributed by atoms with Gasteiger partial charge in [0.2, 0.25) is 5.91 Å². The van der Waals surface area contributed by atoms with E-state index in [1.165, 1.54) is 11.3 Å². The quantitative estimate of drug-likeness (QED) is 0.786. The normalized spacial score (nSPS) is 13.4. The van der Waals surface area contributed by atoms with Crippen molar-refractivity contribution in [1.29, 1.82) is 0 Å². The molecule has 1 aromatic carbocycles. The first-order valence-corrected chi connectivity index (χ1v) is 8.27. The lowest BCUT2D eigenvalue weighted by Gasteiger charge is -2.15. The van der Waals surface area contributed by atoms with Crippen LogP contribution in [0.15, 0.2) is 47.2 Å². The smallest absolute Gasteiger partial charge is 0.223 e. The maximum Gasteiger partial charge on any atom is 0.223 e. The van der Waals surface area contributed by atoms with Crippen LogP contribution in [0.1, 0.15) is 25.0 Å². The predicted octanol–water partition coefficient (Wildman–Crippen LogP) is 3.00. The Morgan fingerprint density at radius 3 is 2.77 bits per heavy atom. The van der Waals surface area contributed by atoms with Gasteiger partial charge in [-0.25, -0.2) is 0 Å². The third kappa shape index (κ3) is 5.16. The van der Waals surface area contributed by atoms with E-state index in [1.54, 1.807) is 0 Å². The van der Waals surface area contributed by atoms with Crippen molar-refractivity contribution in [2.24, 2.45) is 5.92 Å². The Bertz CT molecular complexity index is 557. The second-order valence-corrected chi connectivity index (χ2v) is 5.95. The molecule has 0 radical (unpaired) electrons. The molecule has 2 aromatic rings. The minimum atomic E-state index is -0.650. The van der Waals surface area contributed by atoms with E-state index in [9.17, 15) is 9.90 Å². The zero-order valence-corrected chi connectivity index (χ0v) is 13.4. The van der Waals surface area contributed by atoms with Gasteiger partial charge in [-0.1, -0.05) is 25.1 Å². The molecule has 1 aromatic heterocycles. The molecule has 0 bridgehead atoms. The van der Waals surface area contributed by atoms with Crippen molar-refractivity contribution in [1.82, 2.24) is 5.32 Å². The van der Waals surface area contributed by atoms with Gasteiger partial charge < -0.3 is 15.2 Å². The number of carbonyl (C=O) groups excluding carboxylic acids is 1. The van der Waals surface area contributed by atoms with E-state index in [0.717, 1.165) is 11.3 Å². The summed E-state index contributed by atoms with van der Waals surface area (Å²) in [6.45, 7) is 2.59. The molecule has 22 heavy (non-hydrogen) atoms. The molecule has 5 heteroatoms. The Balaban J connectivity index is 1.66. The minimum absolute atomic E-state index is 0.0639. The van der Waals surface area contributed by atoms with E-state index in [2.05, 4.69) is 5.32 Å². The third-order valence-corrected chi connectivity index (χ3v) is 4.11. The largest absolute Gasteiger partial charge is 0.494 e. The Morgan fingerprint density at radius 1 is 1.32 bits per heavy atom. The average Bonchev–Trinajstić information content (AvgIpc) is 3.07. The molecule has 0 fully saturated rings. The highest BCUT2D eigenvalue weighted by Crippen LogP contribution is 2.15. The number of aliphatic hydroxyl groups excluding tert-OH is 1. The van der Waals surface area contributed by atoms with Gasteiger partial charge in [0.25, 0.3) is 0 Å². The van der Waals surface area contributed by atoms with Gasteiger partial charge in [-0.05, 0) is 40.9 Å². The molecule has 2 rings (SSSR count).